The van der Waals surface area contributed by atoms with Crippen LogP contribution in [0.1, 0.15) is 20.3 Å². The molecular formula is C13H21N3O2S. The van der Waals surface area contributed by atoms with Crippen molar-refractivity contribution in [3.8, 4) is 0 Å². The predicted molar refractivity (Wildman–Crippen MR) is 77.8 cm³/mol. The van der Waals surface area contributed by atoms with E-state index >= 15 is 0 Å². The van der Waals surface area contributed by atoms with Gasteiger partial charge in [-0.1, -0.05) is 13.8 Å². The highest BCUT2D eigenvalue weighted by molar-refractivity contribution is 7.89. The first kappa shape index (κ1) is 14.1. The topological polar surface area (TPSA) is 66.6 Å². The summed E-state index contributed by atoms with van der Waals surface area (Å²) in [6.45, 7) is 6.43. The summed E-state index contributed by atoms with van der Waals surface area (Å²) in [7, 11) is -3.43. The van der Waals surface area contributed by atoms with Crippen molar-refractivity contribution >= 4 is 21.4 Å². The Labute approximate surface area is 115 Å². The van der Waals surface area contributed by atoms with Gasteiger partial charge in [0.25, 0.3) is 0 Å². The average Bonchev–Trinajstić information content (AvgIpc) is 2.27. The van der Waals surface area contributed by atoms with E-state index in [1.165, 1.54) is 4.31 Å². The molecule has 1 aromatic rings. The third-order valence-corrected chi connectivity index (χ3v) is 5.60. The van der Waals surface area contributed by atoms with Crippen LogP contribution < -0.4 is 10.6 Å². The van der Waals surface area contributed by atoms with Crippen LogP contribution in [0.15, 0.2) is 23.1 Å². The SMILES string of the molecule is CCN(CC)S(=O)(=O)c1ccc(N)cc1N1CCC1. The zero-order valence-electron chi connectivity index (χ0n) is 11.5. The molecule has 0 atom stereocenters. The summed E-state index contributed by atoms with van der Waals surface area (Å²) in [5, 5.41) is 0. The highest BCUT2D eigenvalue weighted by Gasteiger charge is 2.28. The van der Waals surface area contributed by atoms with Crippen molar-refractivity contribution in [2.45, 2.75) is 25.2 Å². The van der Waals surface area contributed by atoms with Crippen molar-refractivity contribution in [3.05, 3.63) is 18.2 Å². The lowest BCUT2D eigenvalue weighted by Crippen LogP contribution is -2.39. The molecule has 2 rings (SSSR count). The molecule has 0 spiro atoms. The van der Waals surface area contributed by atoms with Crippen LogP contribution >= 0.6 is 0 Å². The molecule has 0 bridgehead atoms. The van der Waals surface area contributed by atoms with Gasteiger partial charge in [0.15, 0.2) is 0 Å². The Morgan fingerprint density at radius 3 is 2.37 bits per heavy atom. The lowest BCUT2D eigenvalue weighted by molar-refractivity contribution is 0.444. The van der Waals surface area contributed by atoms with E-state index in [4.69, 9.17) is 5.73 Å². The van der Waals surface area contributed by atoms with Gasteiger partial charge in [-0.05, 0) is 24.6 Å². The van der Waals surface area contributed by atoms with Crippen molar-refractivity contribution in [1.82, 2.24) is 4.31 Å². The van der Waals surface area contributed by atoms with Crippen LogP contribution in [0.5, 0.6) is 0 Å². The molecule has 1 aromatic carbocycles. The number of nitrogens with two attached hydrogens (primary N) is 1. The minimum Gasteiger partial charge on any atom is -0.399 e. The Hall–Kier alpha value is -1.27. The smallest absolute Gasteiger partial charge is 0.245 e. The first-order valence-electron chi connectivity index (χ1n) is 6.65. The zero-order valence-corrected chi connectivity index (χ0v) is 12.3. The molecule has 1 heterocycles. The summed E-state index contributed by atoms with van der Waals surface area (Å²) in [4.78, 5) is 2.43. The van der Waals surface area contributed by atoms with E-state index in [-0.39, 0.29) is 0 Å². The second-order valence-electron chi connectivity index (χ2n) is 4.66. The molecule has 19 heavy (non-hydrogen) atoms. The molecule has 0 aliphatic carbocycles. The van der Waals surface area contributed by atoms with Crippen molar-refractivity contribution in [3.63, 3.8) is 0 Å². The van der Waals surface area contributed by atoms with Crippen molar-refractivity contribution in [2.75, 3.05) is 36.8 Å². The van der Waals surface area contributed by atoms with Gasteiger partial charge in [0, 0.05) is 31.9 Å². The largest absolute Gasteiger partial charge is 0.399 e. The standard InChI is InChI=1S/C13H21N3O2S/c1-3-16(4-2)19(17,18)13-7-6-11(14)10-12(13)15-8-5-9-15/h6-7,10H,3-5,8-9,14H2,1-2H3. The number of rotatable bonds is 5. The maximum atomic E-state index is 12.6. The van der Waals surface area contributed by atoms with Crippen LogP contribution in [-0.4, -0.2) is 38.9 Å². The van der Waals surface area contributed by atoms with Crippen LogP contribution in [0.4, 0.5) is 11.4 Å². The molecule has 106 valence electrons. The fourth-order valence-corrected chi connectivity index (χ4v) is 3.91. The van der Waals surface area contributed by atoms with Crippen molar-refractivity contribution in [1.29, 1.82) is 0 Å². The molecule has 1 aliphatic heterocycles. The molecular weight excluding hydrogens is 262 g/mol. The van der Waals surface area contributed by atoms with Gasteiger partial charge in [0.2, 0.25) is 10.0 Å². The first-order chi connectivity index (χ1) is 9.00. The van der Waals surface area contributed by atoms with E-state index in [1.807, 2.05) is 13.8 Å². The third kappa shape index (κ3) is 2.55. The van der Waals surface area contributed by atoms with Crippen molar-refractivity contribution < 1.29 is 8.42 Å². The molecule has 0 unspecified atom stereocenters. The lowest BCUT2D eigenvalue weighted by atomic mass is 10.1. The molecule has 1 saturated heterocycles. The highest BCUT2D eigenvalue weighted by Crippen LogP contribution is 2.32. The minimum atomic E-state index is -3.43. The molecule has 1 aliphatic rings. The quantitative estimate of drug-likeness (QED) is 0.832. The maximum Gasteiger partial charge on any atom is 0.245 e. The van der Waals surface area contributed by atoms with Gasteiger partial charge in [-0.3, -0.25) is 0 Å². The number of nitrogen functional groups attached to an aromatic ring is 1. The van der Waals surface area contributed by atoms with E-state index in [0.29, 0.717) is 23.7 Å². The van der Waals surface area contributed by atoms with E-state index in [9.17, 15) is 8.42 Å². The van der Waals surface area contributed by atoms with Crippen molar-refractivity contribution in [2.24, 2.45) is 0 Å². The van der Waals surface area contributed by atoms with Crippen LogP contribution in [-0.2, 0) is 10.0 Å². The van der Waals surface area contributed by atoms with Gasteiger partial charge >= 0.3 is 0 Å². The number of sulfonamides is 1. The molecule has 0 radical (unpaired) electrons. The Bertz CT molecular complexity index is 549. The Morgan fingerprint density at radius 1 is 1.26 bits per heavy atom. The Balaban J connectivity index is 2.49. The van der Waals surface area contributed by atoms with Crippen LogP contribution in [0.25, 0.3) is 0 Å². The minimum absolute atomic E-state index is 0.366. The zero-order chi connectivity index (χ0) is 14.0. The van der Waals surface area contributed by atoms with E-state index in [1.54, 1.807) is 18.2 Å². The number of hydrogen-bond acceptors (Lipinski definition) is 4. The first-order valence-corrected chi connectivity index (χ1v) is 8.09. The second-order valence-corrected chi connectivity index (χ2v) is 6.56. The predicted octanol–water partition coefficient (Wildman–Crippen LogP) is 1.51. The molecule has 0 aromatic heterocycles. The summed E-state index contributed by atoms with van der Waals surface area (Å²) in [6.07, 6.45) is 1.10. The second kappa shape index (κ2) is 5.38. The molecule has 1 fully saturated rings. The molecule has 5 nitrogen and oxygen atoms in total. The summed E-state index contributed by atoms with van der Waals surface area (Å²) in [5.74, 6) is 0. The Kier molecular flexibility index (Phi) is 4.01. The number of anilines is 2. The summed E-state index contributed by atoms with van der Waals surface area (Å²) >= 11 is 0. The Morgan fingerprint density at radius 2 is 1.89 bits per heavy atom. The summed E-state index contributed by atoms with van der Waals surface area (Å²) < 4.78 is 26.7. The maximum absolute atomic E-state index is 12.6. The van der Waals surface area contributed by atoms with Gasteiger partial charge in [0.1, 0.15) is 4.90 Å². The number of hydrogen-bond donors (Lipinski definition) is 1. The van der Waals surface area contributed by atoms with Gasteiger partial charge in [-0.25, -0.2) is 8.42 Å². The number of nitrogens with zero attached hydrogens (tertiary/aromatic N) is 2. The van der Waals surface area contributed by atoms with E-state index in [2.05, 4.69) is 4.90 Å². The summed E-state index contributed by atoms with van der Waals surface area (Å²) in [5.41, 5.74) is 7.13. The third-order valence-electron chi connectivity index (χ3n) is 3.50. The van der Waals surface area contributed by atoms with E-state index in [0.717, 1.165) is 25.2 Å². The van der Waals surface area contributed by atoms with Crippen LogP contribution in [0.2, 0.25) is 0 Å². The molecule has 0 saturated carbocycles. The normalized spacial score (nSPS) is 15.6. The van der Waals surface area contributed by atoms with Crippen LogP contribution in [0, 0.1) is 0 Å². The molecule has 6 heteroatoms. The van der Waals surface area contributed by atoms with Gasteiger partial charge < -0.3 is 10.6 Å². The fraction of sp³-hybridized carbons (Fsp3) is 0.538. The molecule has 0 amide bonds. The highest BCUT2D eigenvalue weighted by atomic mass is 32.2. The monoisotopic (exact) mass is 283 g/mol. The fourth-order valence-electron chi connectivity index (χ4n) is 2.26. The van der Waals surface area contributed by atoms with Crippen LogP contribution in [0.3, 0.4) is 0 Å². The number of benzene rings is 1. The van der Waals surface area contributed by atoms with Gasteiger partial charge in [-0.15, -0.1) is 0 Å². The van der Waals surface area contributed by atoms with Gasteiger partial charge in [0.05, 0.1) is 5.69 Å². The average molecular weight is 283 g/mol. The van der Waals surface area contributed by atoms with E-state index < -0.39 is 10.0 Å². The van der Waals surface area contributed by atoms with Gasteiger partial charge in [-0.2, -0.15) is 4.31 Å². The molecule has 2 N–H and O–H groups in total. The lowest BCUT2D eigenvalue weighted by Gasteiger charge is -2.35. The summed E-state index contributed by atoms with van der Waals surface area (Å²) in [6, 6.07) is 5.03.